The van der Waals surface area contributed by atoms with Crippen molar-refractivity contribution in [3.05, 3.63) is 6.92 Å². The standard InChI is InChI=1S/C5H12NO2/c1-3-4-6-5(2,7)8/h6-8H,1,3-4H2,2H3. The zero-order valence-electron chi connectivity index (χ0n) is 5.02. The molecule has 0 aromatic carbocycles. The topological polar surface area (TPSA) is 52.5 Å². The normalized spacial score (nSPS) is 12.0. The first-order chi connectivity index (χ1) is 3.56. The lowest BCUT2D eigenvalue weighted by molar-refractivity contribution is -0.168. The molecule has 0 fully saturated rings. The first-order valence-corrected chi connectivity index (χ1v) is 2.55. The Kier molecular flexibility index (Phi) is 2.97. The third-order valence-electron chi connectivity index (χ3n) is 0.637. The van der Waals surface area contributed by atoms with E-state index in [0.717, 1.165) is 0 Å². The SMILES string of the molecule is [CH2]CCNC(C)(O)O. The Bertz CT molecular complexity index is 57.9. The lowest BCUT2D eigenvalue weighted by Gasteiger charge is -2.16. The highest BCUT2D eigenvalue weighted by molar-refractivity contribution is 4.53. The molecule has 0 spiro atoms. The molecule has 8 heavy (non-hydrogen) atoms. The molecule has 0 aliphatic carbocycles. The molecule has 49 valence electrons. The largest absolute Gasteiger partial charge is 0.354 e. The van der Waals surface area contributed by atoms with E-state index in [-0.39, 0.29) is 0 Å². The van der Waals surface area contributed by atoms with Crippen LogP contribution in [-0.4, -0.2) is 22.7 Å². The van der Waals surface area contributed by atoms with E-state index in [4.69, 9.17) is 10.2 Å². The van der Waals surface area contributed by atoms with Crippen molar-refractivity contribution < 1.29 is 10.2 Å². The summed E-state index contributed by atoms with van der Waals surface area (Å²) in [6.07, 6.45) is 0.650. The van der Waals surface area contributed by atoms with Crippen molar-refractivity contribution in [1.29, 1.82) is 0 Å². The summed E-state index contributed by atoms with van der Waals surface area (Å²) in [6, 6.07) is 0. The summed E-state index contributed by atoms with van der Waals surface area (Å²) in [5.74, 6) is -1.74. The minimum atomic E-state index is -1.74. The van der Waals surface area contributed by atoms with E-state index in [0.29, 0.717) is 13.0 Å². The van der Waals surface area contributed by atoms with Crippen LogP contribution < -0.4 is 5.32 Å². The molecule has 0 heterocycles. The van der Waals surface area contributed by atoms with Crippen molar-refractivity contribution in [3.63, 3.8) is 0 Å². The van der Waals surface area contributed by atoms with Gasteiger partial charge in [-0.05, 0) is 6.42 Å². The maximum absolute atomic E-state index is 8.57. The number of aliphatic hydroxyl groups is 2. The molecular weight excluding hydrogens is 106 g/mol. The van der Waals surface area contributed by atoms with Gasteiger partial charge >= 0.3 is 0 Å². The molecule has 0 amide bonds. The number of nitrogens with one attached hydrogen (secondary N) is 1. The van der Waals surface area contributed by atoms with Gasteiger partial charge in [0, 0.05) is 13.5 Å². The Morgan fingerprint density at radius 3 is 2.25 bits per heavy atom. The van der Waals surface area contributed by atoms with Crippen LogP contribution in [-0.2, 0) is 0 Å². The number of hydrogen-bond donors (Lipinski definition) is 3. The van der Waals surface area contributed by atoms with Crippen LogP contribution in [0.25, 0.3) is 0 Å². The highest BCUT2D eigenvalue weighted by Crippen LogP contribution is 1.87. The fraction of sp³-hybridized carbons (Fsp3) is 0.800. The van der Waals surface area contributed by atoms with Crippen LogP contribution in [0.1, 0.15) is 13.3 Å². The molecule has 3 nitrogen and oxygen atoms in total. The van der Waals surface area contributed by atoms with Crippen LogP contribution in [0.4, 0.5) is 0 Å². The fourth-order valence-electron chi connectivity index (χ4n) is 0.325. The van der Waals surface area contributed by atoms with Crippen molar-refractivity contribution in [2.75, 3.05) is 6.54 Å². The van der Waals surface area contributed by atoms with E-state index < -0.39 is 5.91 Å². The van der Waals surface area contributed by atoms with Crippen LogP contribution >= 0.6 is 0 Å². The third kappa shape index (κ3) is 5.88. The van der Waals surface area contributed by atoms with Gasteiger partial charge in [-0.2, -0.15) is 0 Å². The van der Waals surface area contributed by atoms with Crippen LogP contribution in [0.2, 0.25) is 0 Å². The molecule has 0 unspecified atom stereocenters. The monoisotopic (exact) mass is 118 g/mol. The molecule has 3 heteroatoms. The molecule has 0 bridgehead atoms. The summed E-state index contributed by atoms with van der Waals surface area (Å²) in [5.41, 5.74) is 0. The lowest BCUT2D eigenvalue weighted by Crippen LogP contribution is -2.42. The van der Waals surface area contributed by atoms with Gasteiger partial charge in [0.1, 0.15) is 0 Å². The fourth-order valence-corrected chi connectivity index (χ4v) is 0.325. The smallest absolute Gasteiger partial charge is 0.219 e. The first kappa shape index (κ1) is 7.88. The summed E-state index contributed by atoms with van der Waals surface area (Å²) in [6.45, 7) is 5.29. The molecule has 1 radical (unpaired) electrons. The summed E-state index contributed by atoms with van der Waals surface area (Å²) in [7, 11) is 0. The van der Waals surface area contributed by atoms with E-state index in [9.17, 15) is 0 Å². The van der Waals surface area contributed by atoms with Gasteiger partial charge in [0.15, 0.2) is 0 Å². The number of rotatable bonds is 3. The van der Waals surface area contributed by atoms with Gasteiger partial charge in [-0.15, -0.1) is 0 Å². The number of hydrogen-bond acceptors (Lipinski definition) is 3. The second-order valence-corrected chi connectivity index (χ2v) is 1.80. The van der Waals surface area contributed by atoms with Crippen molar-refractivity contribution in [2.45, 2.75) is 19.3 Å². The van der Waals surface area contributed by atoms with E-state index in [1.165, 1.54) is 6.92 Å². The molecule has 0 rings (SSSR count). The first-order valence-electron chi connectivity index (χ1n) is 2.55. The second kappa shape index (κ2) is 3.02. The zero-order valence-corrected chi connectivity index (χ0v) is 5.02. The molecule has 3 N–H and O–H groups in total. The Labute approximate surface area is 49.3 Å². The van der Waals surface area contributed by atoms with Crippen LogP contribution in [0.5, 0.6) is 0 Å². The van der Waals surface area contributed by atoms with Gasteiger partial charge in [-0.25, -0.2) is 0 Å². The molecular formula is C5H12NO2. The van der Waals surface area contributed by atoms with Gasteiger partial charge in [0.2, 0.25) is 5.91 Å². The second-order valence-electron chi connectivity index (χ2n) is 1.80. The minimum Gasteiger partial charge on any atom is -0.354 e. The molecule has 0 saturated heterocycles. The van der Waals surface area contributed by atoms with Crippen molar-refractivity contribution >= 4 is 0 Å². The van der Waals surface area contributed by atoms with Gasteiger partial charge in [-0.1, -0.05) is 6.92 Å². The van der Waals surface area contributed by atoms with Crippen molar-refractivity contribution in [3.8, 4) is 0 Å². The Morgan fingerprint density at radius 1 is 1.62 bits per heavy atom. The molecule has 0 aliphatic rings. The Hall–Kier alpha value is -0.120. The van der Waals surface area contributed by atoms with Gasteiger partial charge in [0.25, 0.3) is 0 Å². The molecule has 0 saturated carbocycles. The van der Waals surface area contributed by atoms with Gasteiger partial charge in [-0.3, -0.25) is 5.32 Å². The maximum Gasteiger partial charge on any atom is 0.219 e. The predicted octanol–water partition coefficient (Wildman–Crippen LogP) is -0.542. The third-order valence-corrected chi connectivity index (χ3v) is 0.637. The molecule has 0 aromatic heterocycles. The summed E-state index contributed by atoms with van der Waals surface area (Å²) in [4.78, 5) is 0. The van der Waals surface area contributed by atoms with Crippen LogP contribution in [0.3, 0.4) is 0 Å². The predicted molar refractivity (Wildman–Crippen MR) is 30.8 cm³/mol. The Balaban J connectivity index is 3.11. The average molecular weight is 118 g/mol. The zero-order chi connectivity index (χ0) is 6.62. The van der Waals surface area contributed by atoms with Crippen molar-refractivity contribution in [1.82, 2.24) is 5.32 Å². The average Bonchev–Trinajstić information content (AvgIpc) is 1.59. The molecule has 0 atom stereocenters. The maximum atomic E-state index is 8.57. The quantitative estimate of drug-likeness (QED) is 0.436. The van der Waals surface area contributed by atoms with Crippen molar-refractivity contribution in [2.24, 2.45) is 0 Å². The van der Waals surface area contributed by atoms with E-state index >= 15 is 0 Å². The minimum absolute atomic E-state index is 0.517. The van der Waals surface area contributed by atoms with E-state index in [2.05, 4.69) is 12.2 Å². The van der Waals surface area contributed by atoms with E-state index in [1.807, 2.05) is 0 Å². The van der Waals surface area contributed by atoms with E-state index in [1.54, 1.807) is 0 Å². The summed E-state index contributed by atoms with van der Waals surface area (Å²) in [5, 5.41) is 19.6. The molecule has 0 aromatic rings. The highest BCUT2D eigenvalue weighted by Gasteiger charge is 2.10. The summed E-state index contributed by atoms with van der Waals surface area (Å²) >= 11 is 0. The van der Waals surface area contributed by atoms with Gasteiger partial charge < -0.3 is 10.2 Å². The lowest BCUT2D eigenvalue weighted by atomic mass is 10.4. The summed E-state index contributed by atoms with van der Waals surface area (Å²) < 4.78 is 0. The Morgan fingerprint density at radius 2 is 2.12 bits per heavy atom. The highest BCUT2D eigenvalue weighted by atomic mass is 16.5. The van der Waals surface area contributed by atoms with Gasteiger partial charge in [0.05, 0.1) is 0 Å². The van der Waals surface area contributed by atoms with Crippen LogP contribution in [0, 0.1) is 6.92 Å². The van der Waals surface area contributed by atoms with Crippen LogP contribution in [0.15, 0.2) is 0 Å². The molecule has 0 aliphatic heterocycles.